The summed E-state index contributed by atoms with van der Waals surface area (Å²) < 4.78 is 0. The molecular formula is C14H28N2O. The summed E-state index contributed by atoms with van der Waals surface area (Å²) >= 11 is 0. The molecule has 0 saturated carbocycles. The van der Waals surface area contributed by atoms with Gasteiger partial charge in [0.1, 0.15) is 0 Å². The van der Waals surface area contributed by atoms with E-state index in [-0.39, 0.29) is 17.4 Å². The first-order valence-electron chi connectivity index (χ1n) is 6.72. The highest BCUT2D eigenvalue weighted by Crippen LogP contribution is 2.25. The van der Waals surface area contributed by atoms with E-state index in [4.69, 9.17) is 5.73 Å². The van der Waals surface area contributed by atoms with Crippen molar-refractivity contribution in [2.24, 2.45) is 23.0 Å². The minimum Gasteiger partial charge on any atom is -0.342 e. The number of carbonyl (C=O) groups excluding carboxylic acids is 1. The van der Waals surface area contributed by atoms with Crippen LogP contribution in [-0.4, -0.2) is 29.9 Å². The van der Waals surface area contributed by atoms with Crippen LogP contribution in [0.2, 0.25) is 0 Å². The molecular weight excluding hydrogens is 212 g/mol. The second kappa shape index (κ2) is 5.38. The second-order valence-electron chi connectivity index (χ2n) is 6.98. The Hall–Kier alpha value is -0.570. The monoisotopic (exact) mass is 240 g/mol. The predicted octanol–water partition coefficient (Wildman–Crippen LogP) is 2.25. The summed E-state index contributed by atoms with van der Waals surface area (Å²) in [7, 11) is 0. The Bertz CT molecular complexity index is 260. The zero-order valence-corrected chi connectivity index (χ0v) is 12.0. The number of nitrogens with two attached hydrogens (primary N) is 1. The third-order valence-electron chi connectivity index (χ3n) is 3.65. The molecule has 3 unspecified atom stereocenters. The molecule has 1 saturated heterocycles. The Balaban J connectivity index is 2.40. The maximum absolute atomic E-state index is 12.1. The minimum absolute atomic E-state index is 0.00582. The van der Waals surface area contributed by atoms with Crippen LogP contribution in [-0.2, 0) is 4.79 Å². The van der Waals surface area contributed by atoms with E-state index >= 15 is 0 Å². The summed E-state index contributed by atoms with van der Waals surface area (Å²) in [5.74, 6) is 1.48. The highest BCUT2D eigenvalue weighted by Gasteiger charge is 2.30. The molecule has 0 radical (unpaired) electrons. The topological polar surface area (TPSA) is 46.3 Å². The summed E-state index contributed by atoms with van der Waals surface area (Å²) in [6.45, 7) is 12.7. The minimum atomic E-state index is -0.00582. The zero-order chi connectivity index (χ0) is 13.2. The Morgan fingerprint density at radius 3 is 2.18 bits per heavy atom. The van der Waals surface area contributed by atoms with Gasteiger partial charge in [-0.2, -0.15) is 0 Å². The van der Waals surface area contributed by atoms with Gasteiger partial charge >= 0.3 is 0 Å². The van der Waals surface area contributed by atoms with Gasteiger partial charge in [-0.3, -0.25) is 4.79 Å². The van der Waals surface area contributed by atoms with Gasteiger partial charge in [0.15, 0.2) is 0 Å². The fourth-order valence-electron chi connectivity index (χ4n) is 2.55. The smallest absolute Gasteiger partial charge is 0.224 e. The molecule has 17 heavy (non-hydrogen) atoms. The molecule has 1 amide bonds. The van der Waals surface area contributed by atoms with E-state index in [0.717, 1.165) is 19.5 Å². The van der Waals surface area contributed by atoms with Crippen LogP contribution in [0.4, 0.5) is 0 Å². The molecule has 0 bridgehead atoms. The van der Waals surface area contributed by atoms with Crippen molar-refractivity contribution in [1.29, 1.82) is 0 Å². The average molecular weight is 240 g/mol. The van der Waals surface area contributed by atoms with E-state index in [0.29, 0.717) is 18.3 Å². The van der Waals surface area contributed by atoms with Crippen molar-refractivity contribution in [2.45, 2.75) is 53.5 Å². The maximum Gasteiger partial charge on any atom is 0.224 e. The Morgan fingerprint density at radius 1 is 1.29 bits per heavy atom. The van der Waals surface area contributed by atoms with Gasteiger partial charge in [0, 0.05) is 25.6 Å². The van der Waals surface area contributed by atoms with E-state index in [9.17, 15) is 4.79 Å². The van der Waals surface area contributed by atoms with Crippen molar-refractivity contribution in [1.82, 2.24) is 4.90 Å². The van der Waals surface area contributed by atoms with Crippen LogP contribution in [0.1, 0.15) is 47.5 Å². The standard InChI is InChI=1S/C14H28N2O/c1-10-8-16(9-11(10)2)13(17)6-12(15)7-14(3,4)5/h10-12H,6-9,15H2,1-5H3. The first kappa shape index (κ1) is 14.5. The fourth-order valence-corrected chi connectivity index (χ4v) is 2.55. The van der Waals surface area contributed by atoms with Crippen molar-refractivity contribution in [2.75, 3.05) is 13.1 Å². The Labute approximate surface area is 106 Å². The summed E-state index contributed by atoms with van der Waals surface area (Å²) in [5.41, 5.74) is 6.25. The summed E-state index contributed by atoms with van der Waals surface area (Å²) in [5, 5.41) is 0. The van der Waals surface area contributed by atoms with Crippen molar-refractivity contribution in [3.8, 4) is 0 Å². The van der Waals surface area contributed by atoms with Crippen LogP contribution in [0.5, 0.6) is 0 Å². The first-order chi connectivity index (χ1) is 7.69. The molecule has 1 rings (SSSR count). The highest BCUT2D eigenvalue weighted by molar-refractivity contribution is 5.77. The summed E-state index contributed by atoms with van der Waals surface area (Å²) in [6.07, 6.45) is 1.40. The number of amides is 1. The SMILES string of the molecule is CC1CN(C(=O)CC(N)CC(C)(C)C)CC1C. The molecule has 0 aromatic heterocycles. The lowest BCUT2D eigenvalue weighted by molar-refractivity contribution is -0.130. The lowest BCUT2D eigenvalue weighted by Crippen LogP contribution is -2.36. The molecule has 0 aromatic rings. The van der Waals surface area contributed by atoms with Crippen LogP contribution in [0.15, 0.2) is 0 Å². The third-order valence-corrected chi connectivity index (χ3v) is 3.65. The molecule has 1 aliphatic rings. The lowest BCUT2D eigenvalue weighted by Gasteiger charge is -2.24. The average Bonchev–Trinajstić information content (AvgIpc) is 2.43. The van der Waals surface area contributed by atoms with Crippen molar-refractivity contribution in [3.63, 3.8) is 0 Å². The van der Waals surface area contributed by atoms with E-state index in [1.807, 2.05) is 4.90 Å². The molecule has 3 atom stereocenters. The fraction of sp³-hybridized carbons (Fsp3) is 0.929. The van der Waals surface area contributed by atoms with E-state index < -0.39 is 0 Å². The third kappa shape index (κ3) is 4.66. The molecule has 0 aromatic carbocycles. The van der Waals surface area contributed by atoms with Crippen LogP contribution < -0.4 is 5.73 Å². The van der Waals surface area contributed by atoms with Crippen LogP contribution >= 0.6 is 0 Å². The first-order valence-corrected chi connectivity index (χ1v) is 6.72. The van der Waals surface area contributed by atoms with Gasteiger partial charge in [0.05, 0.1) is 0 Å². The second-order valence-corrected chi connectivity index (χ2v) is 6.98. The van der Waals surface area contributed by atoms with Gasteiger partial charge in [-0.15, -0.1) is 0 Å². The van der Waals surface area contributed by atoms with Gasteiger partial charge in [0.2, 0.25) is 5.91 Å². The van der Waals surface area contributed by atoms with Gasteiger partial charge in [-0.05, 0) is 23.7 Å². The van der Waals surface area contributed by atoms with Crippen LogP contribution in [0.3, 0.4) is 0 Å². The van der Waals surface area contributed by atoms with Crippen molar-refractivity contribution >= 4 is 5.91 Å². The van der Waals surface area contributed by atoms with E-state index in [1.165, 1.54) is 0 Å². The summed E-state index contributed by atoms with van der Waals surface area (Å²) in [6, 6.07) is -0.00582. The van der Waals surface area contributed by atoms with E-state index in [1.54, 1.807) is 0 Å². The molecule has 2 N–H and O–H groups in total. The molecule has 3 nitrogen and oxygen atoms in total. The largest absolute Gasteiger partial charge is 0.342 e. The quantitative estimate of drug-likeness (QED) is 0.822. The molecule has 100 valence electrons. The zero-order valence-electron chi connectivity index (χ0n) is 12.0. The number of likely N-dealkylation sites (tertiary alicyclic amines) is 1. The van der Waals surface area contributed by atoms with E-state index in [2.05, 4.69) is 34.6 Å². The van der Waals surface area contributed by atoms with Gasteiger partial charge in [0.25, 0.3) is 0 Å². The molecule has 0 spiro atoms. The number of carbonyl (C=O) groups is 1. The van der Waals surface area contributed by atoms with Gasteiger partial charge in [-0.1, -0.05) is 34.6 Å². The van der Waals surface area contributed by atoms with Crippen LogP contribution in [0.25, 0.3) is 0 Å². The van der Waals surface area contributed by atoms with Crippen molar-refractivity contribution in [3.05, 3.63) is 0 Å². The number of hydrogen-bond donors (Lipinski definition) is 1. The molecule has 3 heteroatoms. The van der Waals surface area contributed by atoms with Gasteiger partial charge in [-0.25, -0.2) is 0 Å². The number of hydrogen-bond acceptors (Lipinski definition) is 2. The molecule has 1 fully saturated rings. The Morgan fingerprint density at radius 2 is 1.76 bits per heavy atom. The predicted molar refractivity (Wildman–Crippen MR) is 71.6 cm³/mol. The van der Waals surface area contributed by atoms with Crippen molar-refractivity contribution < 1.29 is 4.79 Å². The molecule has 1 heterocycles. The Kier molecular flexibility index (Phi) is 4.59. The molecule has 1 aliphatic heterocycles. The van der Waals surface area contributed by atoms with Gasteiger partial charge < -0.3 is 10.6 Å². The normalized spacial score (nSPS) is 27.3. The summed E-state index contributed by atoms with van der Waals surface area (Å²) in [4.78, 5) is 14.1. The lowest BCUT2D eigenvalue weighted by atomic mass is 9.87. The highest BCUT2D eigenvalue weighted by atomic mass is 16.2. The van der Waals surface area contributed by atoms with Crippen LogP contribution in [0, 0.1) is 17.3 Å². The number of nitrogens with zero attached hydrogens (tertiary/aromatic N) is 1. The maximum atomic E-state index is 12.1. The molecule has 0 aliphatic carbocycles. The number of rotatable bonds is 3.